The Morgan fingerprint density at radius 2 is 1.79 bits per heavy atom. The van der Waals surface area contributed by atoms with E-state index in [0.29, 0.717) is 11.4 Å². The van der Waals surface area contributed by atoms with E-state index in [2.05, 4.69) is 20.4 Å². The Labute approximate surface area is 162 Å². The summed E-state index contributed by atoms with van der Waals surface area (Å²) < 4.78 is 3.62. The molecule has 2 heterocycles. The Hall–Kier alpha value is -3.74. The SMILES string of the molecule is CC(NC(=O)c1ccc(-c2cn(-c3ccccc3)cn2)cc1)c1ncnn1C. The van der Waals surface area contributed by atoms with E-state index in [1.807, 2.05) is 60.2 Å². The number of nitrogens with one attached hydrogen (secondary N) is 1. The summed E-state index contributed by atoms with van der Waals surface area (Å²) in [5.74, 6) is 0.549. The van der Waals surface area contributed by atoms with Crippen LogP contribution in [0, 0.1) is 0 Å². The van der Waals surface area contributed by atoms with Crippen LogP contribution in [0.1, 0.15) is 29.1 Å². The van der Waals surface area contributed by atoms with Crippen molar-refractivity contribution in [1.29, 1.82) is 0 Å². The number of carbonyl (C=O) groups is 1. The Bertz CT molecular complexity index is 1080. The van der Waals surface area contributed by atoms with Gasteiger partial charge in [0, 0.05) is 30.1 Å². The summed E-state index contributed by atoms with van der Waals surface area (Å²) in [7, 11) is 1.80. The van der Waals surface area contributed by atoms with Gasteiger partial charge in [-0.15, -0.1) is 0 Å². The zero-order valence-corrected chi connectivity index (χ0v) is 15.6. The Balaban J connectivity index is 1.47. The third kappa shape index (κ3) is 3.55. The minimum Gasteiger partial charge on any atom is -0.342 e. The summed E-state index contributed by atoms with van der Waals surface area (Å²) in [4.78, 5) is 21.2. The van der Waals surface area contributed by atoms with Crippen LogP contribution in [0.25, 0.3) is 16.9 Å². The third-order valence-electron chi connectivity index (χ3n) is 4.56. The van der Waals surface area contributed by atoms with Crippen LogP contribution in [0.2, 0.25) is 0 Å². The summed E-state index contributed by atoms with van der Waals surface area (Å²) >= 11 is 0. The summed E-state index contributed by atoms with van der Waals surface area (Å²) in [6.45, 7) is 1.88. The monoisotopic (exact) mass is 372 g/mol. The van der Waals surface area contributed by atoms with Crippen LogP contribution in [0.5, 0.6) is 0 Å². The topological polar surface area (TPSA) is 77.6 Å². The fraction of sp³-hybridized carbons (Fsp3) is 0.143. The van der Waals surface area contributed by atoms with Crippen molar-refractivity contribution in [2.24, 2.45) is 7.05 Å². The van der Waals surface area contributed by atoms with E-state index in [9.17, 15) is 4.79 Å². The molecule has 0 spiro atoms. The molecule has 4 aromatic rings. The average Bonchev–Trinajstić information content (AvgIpc) is 3.38. The smallest absolute Gasteiger partial charge is 0.251 e. The van der Waals surface area contributed by atoms with Gasteiger partial charge in [0.15, 0.2) is 0 Å². The number of para-hydroxylation sites is 1. The zero-order valence-electron chi connectivity index (χ0n) is 15.6. The molecule has 2 aromatic heterocycles. The first-order valence-corrected chi connectivity index (χ1v) is 8.96. The molecule has 1 unspecified atom stereocenters. The van der Waals surface area contributed by atoms with Crippen LogP contribution >= 0.6 is 0 Å². The van der Waals surface area contributed by atoms with Gasteiger partial charge in [0.05, 0.1) is 18.1 Å². The van der Waals surface area contributed by atoms with E-state index >= 15 is 0 Å². The second kappa shape index (κ2) is 7.48. The normalized spacial score (nSPS) is 11.9. The molecule has 0 aliphatic rings. The fourth-order valence-corrected chi connectivity index (χ4v) is 3.05. The standard InChI is InChI=1S/C21H20N6O/c1-15(20-22-13-24-26(20)2)25-21(28)17-10-8-16(9-11-17)19-12-27(14-23-19)18-6-4-3-5-7-18/h3-15H,1-2H3,(H,25,28). The minimum absolute atomic E-state index is 0.156. The van der Waals surface area contributed by atoms with Crippen molar-refractivity contribution in [1.82, 2.24) is 29.6 Å². The zero-order chi connectivity index (χ0) is 19.5. The van der Waals surface area contributed by atoms with E-state index in [1.165, 1.54) is 6.33 Å². The summed E-state index contributed by atoms with van der Waals surface area (Å²) in [6, 6.07) is 17.2. The van der Waals surface area contributed by atoms with E-state index in [1.54, 1.807) is 30.2 Å². The van der Waals surface area contributed by atoms with Crippen LogP contribution < -0.4 is 5.32 Å². The number of hydrogen-bond donors (Lipinski definition) is 1. The molecule has 0 bridgehead atoms. The van der Waals surface area contributed by atoms with Gasteiger partial charge in [-0.25, -0.2) is 9.97 Å². The highest BCUT2D eigenvalue weighted by molar-refractivity contribution is 5.94. The Morgan fingerprint density at radius 3 is 2.46 bits per heavy atom. The number of nitrogens with zero attached hydrogens (tertiary/aromatic N) is 5. The highest BCUT2D eigenvalue weighted by atomic mass is 16.1. The number of amides is 1. The van der Waals surface area contributed by atoms with Gasteiger partial charge in [-0.3, -0.25) is 9.48 Å². The predicted octanol–water partition coefficient (Wildman–Crippen LogP) is 3.16. The summed E-state index contributed by atoms with van der Waals surface area (Å²) in [5.41, 5.74) is 3.44. The maximum absolute atomic E-state index is 12.5. The van der Waals surface area contributed by atoms with Gasteiger partial charge in [-0.05, 0) is 31.2 Å². The van der Waals surface area contributed by atoms with Crippen molar-refractivity contribution in [2.45, 2.75) is 13.0 Å². The van der Waals surface area contributed by atoms with E-state index in [-0.39, 0.29) is 11.9 Å². The van der Waals surface area contributed by atoms with Crippen LogP contribution in [-0.2, 0) is 7.05 Å². The molecule has 0 fully saturated rings. The number of aryl methyl sites for hydroxylation is 1. The summed E-state index contributed by atoms with van der Waals surface area (Å²) in [6.07, 6.45) is 5.23. The lowest BCUT2D eigenvalue weighted by molar-refractivity contribution is 0.0937. The average molecular weight is 372 g/mol. The number of benzene rings is 2. The second-order valence-electron chi connectivity index (χ2n) is 6.52. The van der Waals surface area contributed by atoms with Gasteiger partial charge in [0.25, 0.3) is 5.91 Å². The molecule has 1 atom stereocenters. The van der Waals surface area contributed by atoms with Crippen molar-refractivity contribution in [3.63, 3.8) is 0 Å². The minimum atomic E-state index is -0.235. The van der Waals surface area contributed by atoms with Crippen molar-refractivity contribution in [3.05, 3.63) is 84.8 Å². The molecule has 1 amide bonds. The number of carbonyl (C=O) groups excluding carboxylic acids is 1. The lowest BCUT2D eigenvalue weighted by Crippen LogP contribution is -2.28. The number of imidazole rings is 1. The molecule has 0 aliphatic heterocycles. The molecule has 7 heteroatoms. The van der Waals surface area contributed by atoms with Gasteiger partial charge in [0.2, 0.25) is 0 Å². The molecule has 1 N–H and O–H groups in total. The predicted molar refractivity (Wildman–Crippen MR) is 106 cm³/mol. The molecule has 0 aliphatic carbocycles. The molecular formula is C21H20N6O. The van der Waals surface area contributed by atoms with Gasteiger partial charge in [-0.1, -0.05) is 30.3 Å². The molecule has 0 radical (unpaired) electrons. The van der Waals surface area contributed by atoms with Gasteiger partial charge in [0.1, 0.15) is 12.2 Å². The maximum atomic E-state index is 12.5. The Morgan fingerprint density at radius 1 is 1.04 bits per heavy atom. The lowest BCUT2D eigenvalue weighted by atomic mass is 10.1. The first-order valence-electron chi connectivity index (χ1n) is 8.96. The van der Waals surface area contributed by atoms with Crippen LogP contribution in [0.4, 0.5) is 0 Å². The maximum Gasteiger partial charge on any atom is 0.251 e. The van der Waals surface area contributed by atoms with Crippen molar-refractivity contribution in [2.75, 3.05) is 0 Å². The van der Waals surface area contributed by atoms with Gasteiger partial charge >= 0.3 is 0 Å². The third-order valence-corrected chi connectivity index (χ3v) is 4.56. The fourth-order valence-electron chi connectivity index (χ4n) is 3.05. The molecule has 0 saturated heterocycles. The molecule has 28 heavy (non-hydrogen) atoms. The molecule has 0 saturated carbocycles. The molecular weight excluding hydrogens is 352 g/mol. The molecule has 140 valence electrons. The summed E-state index contributed by atoms with van der Waals surface area (Å²) in [5, 5.41) is 6.97. The van der Waals surface area contributed by atoms with Crippen LogP contribution in [-0.4, -0.2) is 30.2 Å². The van der Waals surface area contributed by atoms with E-state index in [4.69, 9.17) is 0 Å². The van der Waals surface area contributed by atoms with Gasteiger partial charge in [-0.2, -0.15) is 5.10 Å². The van der Waals surface area contributed by atoms with Crippen molar-refractivity contribution < 1.29 is 4.79 Å². The first kappa shape index (κ1) is 17.7. The van der Waals surface area contributed by atoms with Gasteiger partial charge < -0.3 is 9.88 Å². The van der Waals surface area contributed by atoms with Crippen LogP contribution in [0.15, 0.2) is 73.4 Å². The highest BCUT2D eigenvalue weighted by Gasteiger charge is 2.15. The highest BCUT2D eigenvalue weighted by Crippen LogP contribution is 2.20. The van der Waals surface area contributed by atoms with Crippen molar-refractivity contribution >= 4 is 5.91 Å². The Kier molecular flexibility index (Phi) is 4.72. The molecule has 4 rings (SSSR count). The van der Waals surface area contributed by atoms with E-state index < -0.39 is 0 Å². The largest absolute Gasteiger partial charge is 0.342 e. The lowest BCUT2D eigenvalue weighted by Gasteiger charge is -2.13. The number of aromatic nitrogens is 5. The number of rotatable bonds is 5. The molecule has 7 nitrogen and oxygen atoms in total. The quantitative estimate of drug-likeness (QED) is 0.584. The first-order chi connectivity index (χ1) is 13.6. The van der Waals surface area contributed by atoms with E-state index in [0.717, 1.165) is 16.9 Å². The van der Waals surface area contributed by atoms with Crippen molar-refractivity contribution in [3.8, 4) is 16.9 Å². The molecule has 2 aromatic carbocycles. The van der Waals surface area contributed by atoms with Crippen LogP contribution in [0.3, 0.4) is 0 Å². The number of hydrogen-bond acceptors (Lipinski definition) is 4. The second-order valence-corrected chi connectivity index (χ2v) is 6.52.